The molecule has 1 aliphatic heterocycles. The Morgan fingerprint density at radius 1 is 1.17 bits per heavy atom. The Labute approximate surface area is 175 Å². The van der Waals surface area contributed by atoms with Crippen molar-refractivity contribution in [3.8, 4) is 0 Å². The van der Waals surface area contributed by atoms with Gasteiger partial charge in [-0.15, -0.1) is 0 Å². The molecule has 3 N–H and O–H groups in total. The van der Waals surface area contributed by atoms with E-state index < -0.39 is 10.0 Å². The molecule has 2 unspecified atom stereocenters. The van der Waals surface area contributed by atoms with Crippen LogP contribution in [0.1, 0.15) is 29.0 Å². The number of anilines is 2. The first-order valence-corrected chi connectivity index (χ1v) is 11.4. The van der Waals surface area contributed by atoms with Crippen LogP contribution in [0.25, 0.3) is 0 Å². The fourth-order valence-electron chi connectivity index (χ4n) is 3.59. The smallest absolute Gasteiger partial charge is 0.229 e. The summed E-state index contributed by atoms with van der Waals surface area (Å²) in [5.41, 5.74) is 4.12. The molecule has 0 bridgehead atoms. The molecule has 1 aromatic carbocycles. The van der Waals surface area contributed by atoms with Gasteiger partial charge in [-0.25, -0.2) is 8.42 Å². The van der Waals surface area contributed by atoms with Crippen LogP contribution < -0.4 is 14.9 Å². The lowest BCUT2D eigenvalue weighted by Gasteiger charge is -2.27. The molecule has 0 amide bonds. The summed E-state index contributed by atoms with van der Waals surface area (Å²) in [5.74, 6) is 0. The van der Waals surface area contributed by atoms with E-state index >= 15 is 0 Å². The average Bonchev–Trinajstić information content (AvgIpc) is 3.30. The highest BCUT2D eigenvalue weighted by Crippen LogP contribution is 2.41. The molecule has 29 heavy (non-hydrogen) atoms. The number of H-pyrrole nitrogens is 1. The third-order valence-electron chi connectivity index (χ3n) is 4.82. The molecule has 7 nitrogen and oxygen atoms in total. The summed E-state index contributed by atoms with van der Waals surface area (Å²) in [6, 6.07) is 15.1. The highest BCUT2D eigenvalue weighted by molar-refractivity contribution is 7.92. The van der Waals surface area contributed by atoms with Gasteiger partial charge in [-0.2, -0.15) is 0 Å². The number of hydrogen-bond donors (Lipinski definition) is 3. The Kier molecular flexibility index (Phi) is 5.01. The molecule has 4 rings (SSSR count). The third kappa shape index (κ3) is 3.96. The standard InChI is InChI=1S/C20H21N5O2S2/c1-13-12-14(8-9-15(13)24-29(2,26)27)25-19(17-7-5-11-22-17)18(23-20(25)28)16-6-3-4-10-21-16/h3-12,18-19,22,24H,1-2H3,(H,23,28). The minimum Gasteiger partial charge on any atom is -0.363 e. The summed E-state index contributed by atoms with van der Waals surface area (Å²) in [6.07, 6.45) is 4.79. The highest BCUT2D eigenvalue weighted by Gasteiger charge is 2.41. The number of aryl methyl sites for hydroxylation is 1. The largest absolute Gasteiger partial charge is 0.363 e. The number of sulfonamides is 1. The molecule has 0 saturated carbocycles. The van der Waals surface area contributed by atoms with Gasteiger partial charge in [-0.3, -0.25) is 9.71 Å². The molecule has 3 aromatic rings. The van der Waals surface area contributed by atoms with Gasteiger partial charge in [-0.1, -0.05) is 6.07 Å². The van der Waals surface area contributed by atoms with Crippen molar-refractivity contribution in [2.75, 3.05) is 15.9 Å². The average molecular weight is 428 g/mol. The lowest BCUT2D eigenvalue weighted by Crippen LogP contribution is -2.29. The topological polar surface area (TPSA) is 90.1 Å². The molecule has 0 radical (unpaired) electrons. The van der Waals surface area contributed by atoms with Crippen molar-refractivity contribution >= 4 is 38.7 Å². The Morgan fingerprint density at radius 3 is 2.62 bits per heavy atom. The zero-order valence-corrected chi connectivity index (χ0v) is 17.6. The second kappa shape index (κ2) is 7.49. The van der Waals surface area contributed by atoms with E-state index in [0.29, 0.717) is 10.8 Å². The van der Waals surface area contributed by atoms with E-state index in [-0.39, 0.29) is 12.1 Å². The maximum Gasteiger partial charge on any atom is 0.229 e. The Bertz CT molecular complexity index is 1130. The summed E-state index contributed by atoms with van der Waals surface area (Å²) in [4.78, 5) is 9.85. The number of hydrogen-bond acceptors (Lipinski definition) is 4. The van der Waals surface area contributed by atoms with Crippen LogP contribution in [-0.2, 0) is 10.0 Å². The van der Waals surface area contributed by atoms with Gasteiger partial charge in [0.1, 0.15) is 6.04 Å². The van der Waals surface area contributed by atoms with Gasteiger partial charge >= 0.3 is 0 Å². The van der Waals surface area contributed by atoms with Gasteiger partial charge in [0.25, 0.3) is 0 Å². The highest BCUT2D eigenvalue weighted by atomic mass is 32.2. The van der Waals surface area contributed by atoms with Crippen molar-refractivity contribution in [3.63, 3.8) is 0 Å². The van der Waals surface area contributed by atoms with Crippen molar-refractivity contribution in [3.05, 3.63) is 77.9 Å². The number of nitrogens with zero attached hydrogens (tertiary/aromatic N) is 2. The molecule has 0 aliphatic carbocycles. The fourth-order valence-corrected chi connectivity index (χ4v) is 4.56. The minimum atomic E-state index is -3.35. The van der Waals surface area contributed by atoms with Crippen molar-refractivity contribution in [1.29, 1.82) is 0 Å². The molecule has 150 valence electrons. The zero-order chi connectivity index (χ0) is 20.6. The summed E-state index contributed by atoms with van der Waals surface area (Å²) in [5, 5.41) is 3.98. The molecule has 2 atom stereocenters. The SMILES string of the molecule is Cc1cc(N2C(=S)NC(c3ccccn3)C2c2ccc[nH]2)ccc1NS(C)(=O)=O. The van der Waals surface area contributed by atoms with Crippen LogP contribution in [0.2, 0.25) is 0 Å². The summed E-state index contributed by atoms with van der Waals surface area (Å²) < 4.78 is 25.7. The van der Waals surface area contributed by atoms with Crippen molar-refractivity contribution in [2.45, 2.75) is 19.0 Å². The van der Waals surface area contributed by atoms with Gasteiger partial charge in [0.05, 0.1) is 23.7 Å². The van der Waals surface area contributed by atoms with Gasteiger partial charge in [-0.05, 0) is 67.2 Å². The van der Waals surface area contributed by atoms with E-state index in [1.807, 2.05) is 60.5 Å². The molecule has 1 saturated heterocycles. The first-order valence-electron chi connectivity index (χ1n) is 9.06. The summed E-state index contributed by atoms with van der Waals surface area (Å²) >= 11 is 5.68. The summed E-state index contributed by atoms with van der Waals surface area (Å²) in [7, 11) is -3.35. The fraction of sp³-hybridized carbons (Fsp3) is 0.200. The predicted octanol–water partition coefficient (Wildman–Crippen LogP) is 3.27. The molecule has 1 aliphatic rings. The van der Waals surface area contributed by atoms with Crippen LogP contribution in [-0.4, -0.2) is 29.8 Å². The molecule has 0 spiro atoms. The van der Waals surface area contributed by atoms with Gasteiger partial charge in [0, 0.05) is 23.8 Å². The van der Waals surface area contributed by atoms with Crippen LogP contribution in [0.15, 0.2) is 60.9 Å². The maximum absolute atomic E-state index is 11.6. The monoisotopic (exact) mass is 427 g/mol. The molecular weight excluding hydrogens is 406 g/mol. The van der Waals surface area contributed by atoms with Crippen LogP contribution in [0.3, 0.4) is 0 Å². The molecule has 9 heteroatoms. The first kappa shape index (κ1) is 19.4. The quantitative estimate of drug-likeness (QED) is 0.542. The van der Waals surface area contributed by atoms with E-state index in [2.05, 4.69) is 20.0 Å². The van der Waals surface area contributed by atoms with Crippen LogP contribution in [0, 0.1) is 6.92 Å². The number of aromatic nitrogens is 2. The number of aromatic amines is 1. The van der Waals surface area contributed by atoms with E-state index in [0.717, 1.165) is 28.9 Å². The molecule has 3 heterocycles. The van der Waals surface area contributed by atoms with Gasteiger partial charge in [0.2, 0.25) is 10.0 Å². The minimum absolute atomic E-state index is 0.125. The second-order valence-electron chi connectivity index (χ2n) is 7.00. The Morgan fingerprint density at radius 2 is 2.00 bits per heavy atom. The number of benzene rings is 1. The van der Waals surface area contributed by atoms with Gasteiger partial charge in [0.15, 0.2) is 5.11 Å². The number of rotatable bonds is 5. The van der Waals surface area contributed by atoms with Crippen molar-refractivity contribution in [2.24, 2.45) is 0 Å². The van der Waals surface area contributed by atoms with Gasteiger partial charge < -0.3 is 15.2 Å². The maximum atomic E-state index is 11.6. The zero-order valence-electron chi connectivity index (χ0n) is 16.0. The summed E-state index contributed by atoms with van der Waals surface area (Å²) in [6.45, 7) is 1.86. The van der Waals surface area contributed by atoms with E-state index in [1.54, 1.807) is 12.3 Å². The number of pyridine rings is 1. The number of thiocarbonyl (C=S) groups is 1. The first-order chi connectivity index (χ1) is 13.8. The van der Waals surface area contributed by atoms with Crippen LogP contribution in [0.5, 0.6) is 0 Å². The van der Waals surface area contributed by atoms with Crippen LogP contribution >= 0.6 is 12.2 Å². The molecule has 1 fully saturated rings. The van der Waals surface area contributed by atoms with E-state index in [9.17, 15) is 8.42 Å². The van der Waals surface area contributed by atoms with Crippen LogP contribution in [0.4, 0.5) is 11.4 Å². The molecular formula is C20H21N5O2S2. The Balaban J connectivity index is 1.76. The van der Waals surface area contributed by atoms with Crippen molar-refractivity contribution < 1.29 is 8.42 Å². The lowest BCUT2D eigenvalue weighted by molar-refractivity contribution is 0.558. The van der Waals surface area contributed by atoms with E-state index in [1.165, 1.54) is 0 Å². The molecule has 2 aromatic heterocycles. The normalized spacial score (nSPS) is 19.2. The Hall–Kier alpha value is -2.91. The number of nitrogens with one attached hydrogen (secondary N) is 3. The van der Waals surface area contributed by atoms with E-state index in [4.69, 9.17) is 12.2 Å². The predicted molar refractivity (Wildman–Crippen MR) is 118 cm³/mol. The second-order valence-corrected chi connectivity index (χ2v) is 9.13. The third-order valence-corrected chi connectivity index (χ3v) is 5.73. The lowest BCUT2D eigenvalue weighted by atomic mass is 10.0. The van der Waals surface area contributed by atoms with Crippen molar-refractivity contribution in [1.82, 2.24) is 15.3 Å².